The van der Waals surface area contributed by atoms with Gasteiger partial charge in [-0.3, -0.25) is 24.6 Å². The van der Waals surface area contributed by atoms with Crippen molar-refractivity contribution >= 4 is 44.4 Å². The maximum atomic E-state index is 12.8. The van der Waals surface area contributed by atoms with Gasteiger partial charge in [-0.1, -0.05) is 23.5 Å². The molecule has 0 atom stereocenters. The number of aromatic nitrogens is 1. The summed E-state index contributed by atoms with van der Waals surface area (Å²) in [6.07, 6.45) is 1.49. The van der Waals surface area contributed by atoms with E-state index in [1.54, 1.807) is 18.2 Å². The lowest BCUT2D eigenvalue weighted by molar-refractivity contribution is 0.0631. The second-order valence-corrected chi connectivity index (χ2v) is 8.39. The van der Waals surface area contributed by atoms with E-state index in [1.807, 2.05) is 26.0 Å². The van der Waals surface area contributed by atoms with Crippen molar-refractivity contribution in [2.45, 2.75) is 20.4 Å². The molecule has 0 spiro atoms. The first kappa shape index (κ1) is 19.2. The summed E-state index contributed by atoms with van der Waals surface area (Å²) in [6, 6.07) is 11.9. The predicted octanol–water partition coefficient (Wildman–Crippen LogP) is 4.55. The van der Waals surface area contributed by atoms with E-state index in [0.717, 1.165) is 26.2 Å². The van der Waals surface area contributed by atoms with E-state index < -0.39 is 11.8 Å². The Hall–Kier alpha value is -3.78. The van der Waals surface area contributed by atoms with Crippen LogP contribution < -0.4 is 5.32 Å². The molecule has 5 rings (SSSR count). The molecule has 1 N–H and O–H groups in total. The van der Waals surface area contributed by atoms with Crippen LogP contribution >= 0.6 is 11.3 Å². The SMILES string of the molecule is Cc1ccc(C)c2sc(NC(=O)c3ccc4c(c3)C(=O)N(Cc3ccco3)C4=O)nc12. The van der Waals surface area contributed by atoms with Gasteiger partial charge in [-0.05, 0) is 55.3 Å². The molecule has 8 heteroatoms. The number of thiazole rings is 1. The summed E-state index contributed by atoms with van der Waals surface area (Å²) in [5, 5.41) is 3.30. The average Bonchev–Trinajstić information content (AvgIpc) is 3.48. The van der Waals surface area contributed by atoms with Crippen LogP contribution in [0.25, 0.3) is 10.2 Å². The second-order valence-electron chi connectivity index (χ2n) is 7.39. The zero-order valence-electron chi connectivity index (χ0n) is 16.8. The molecule has 3 heterocycles. The molecule has 31 heavy (non-hydrogen) atoms. The van der Waals surface area contributed by atoms with E-state index in [2.05, 4.69) is 10.3 Å². The van der Waals surface area contributed by atoms with Gasteiger partial charge in [0.25, 0.3) is 17.7 Å². The number of nitrogens with zero attached hydrogens (tertiary/aromatic N) is 2. The maximum Gasteiger partial charge on any atom is 0.261 e. The number of nitrogens with one attached hydrogen (secondary N) is 1. The molecule has 7 nitrogen and oxygen atoms in total. The van der Waals surface area contributed by atoms with Gasteiger partial charge in [-0.15, -0.1) is 0 Å². The second kappa shape index (κ2) is 7.17. The number of carbonyl (C=O) groups excluding carboxylic acids is 3. The summed E-state index contributed by atoms with van der Waals surface area (Å²) in [4.78, 5) is 43.9. The highest BCUT2D eigenvalue weighted by Crippen LogP contribution is 2.31. The van der Waals surface area contributed by atoms with Crippen LogP contribution in [-0.4, -0.2) is 27.6 Å². The van der Waals surface area contributed by atoms with Gasteiger partial charge in [0.1, 0.15) is 5.76 Å². The number of hydrogen-bond acceptors (Lipinski definition) is 6. The van der Waals surface area contributed by atoms with Gasteiger partial charge in [0, 0.05) is 5.56 Å². The van der Waals surface area contributed by atoms with Crippen LogP contribution in [0, 0.1) is 13.8 Å². The fourth-order valence-corrected chi connectivity index (χ4v) is 4.62. The summed E-state index contributed by atoms with van der Waals surface area (Å²) in [5.74, 6) is -0.728. The number of rotatable bonds is 4. The average molecular weight is 431 g/mol. The van der Waals surface area contributed by atoms with Crippen molar-refractivity contribution in [3.8, 4) is 0 Å². The largest absolute Gasteiger partial charge is 0.467 e. The molecule has 1 aliphatic heterocycles. The van der Waals surface area contributed by atoms with Gasteiger partial charge >= 0.3 is 0 Å². The Morgan fingerprint density at radius 2 is 1.84 bits per heavy atom. The third-order valence-electron chi connectivity index (χ3n) is 5.29. The highest BCUT2D eigenvalue weighted by molar-refractivity contribution is 7.22. The van der Waals surface area contributed by atoms with Crippen molar-refractivity contribution in [2.24, 2.45) is 0 Å². The van der Waals surface area contributed by atoms with Crippen LogP contribution in [0.3, 0.4) is 0 Å². The van der Waals surface area contributed by atoms with Crippen LogP contribution in [-0.2, 0) is 6.54 Å². The monoisotopic (exact) mass is 431 g/mol. The van der Waals surface area contributed by atoms with E-state index >= 15 is 0 Å². The van der Waals surface area contributed by atoms with Crippen molar-refractivity contribution < 1.29 is 18.8 Å². The third kappa shape index (κ3) is 3.21. The van der Waals surface area contributed by atoms with E-state index in [-0.39, 0.29) is 29.1 Å². The number of imide groups is 1. The molecule has 0 aliphatic carbocycles. The van der Waals surface area contributed by atoms with Crippen molar-refractivity contribution in [2.75, 3.05) is 5.32 Å². The minimum absolute atomic E-state index is 0.0469. The predicted molar refractivity (Wildman–Crippen MR) is 116 cm³/mol. The topological polar surface area (TPSA) is 92.5 Å². The molecule has 0 saturated heterocycles. The molecule has 2 aromatic carbocycles. The van der Waals surface area contributed by atoms with Crippen molar-refractivity contribution in [1.82, 2.24) is 9.88 Å². The number of aryl methyl sites for hydroxylation is 2. The number of benzene rings is 2. The van der Waals surface area contributed by atoms with Crippen LogP contribution in [0.4, 0.5) is 5.13 Å². The van der Waals surface area contributed by atoms with Crippen molar-refractivity contribution in [3.05, 3.63) is 82.3 Å². The van der Waals surface area contributed by atoms with Crippen molar-refractivity contribution in [1.29, 1.82) is 0 Å². The summed E-state index contributed by atoms with van der Waals surface area (Å²) in [7, 11) is 0. The molecule has 4 aromatic rings. The first-order valence-corrected chi connectivity index (χ1v) is 10.4. The van der Waals surface area contributed by atoms with Gasteiger partial charge in [0.15, 0.2) is 5.13 Å². The van der Waals surface area contributed by atoms with Crippen LogP contribution in [0.5, 0.6) is 0 Å². The number of carbonyl (C=O) groups is 3. The van der Waals surface area contributed by atoms with Gasteiger partial charge in [0.2, 0.25) is 0 Å². The Bertz CT molecular complexity index is 1330. The lowest BCUT2D eigenvalue weighted by Crippen LogP contribution is -2.28. The van der Waals surface area contributed by atoms with Gasteiger partial charge < -0.3 is 4.42 Å². The van der Waals surface area contributed by atoms with Crippen molar-refractivity contribution in [3.63, 3.8) is 0 Å². The zero-order valence-corrected chi connectivity index (χ0v) is 17.6. The fourth-order valence-electron chi connectivity index (χ4n) is 3.62. The first-order valence-electron chi connectivity index (χ1n) is 9.63. The minimum Gasteiger partial charge on any atom is -0.467 e. The number of furan rings is 1. The van der Waals surface area contributed by atoms with E-state index in [9.17, 15) is 14.4 Å². The van der Waals surface area contributed by atoms with E-state index in [0.29, 0.717) is 10.9 Å². The Morgan fingerprint density at radius 1 is 1.06 bits per heavy atom. The number of amides is 3. The number of hydrogen-bond donors (Lipinski definition) is 1. The molecule has 0 unspecified atom stereocenters. The molecule has 1 aliphatic rings. The van der Waals surface area contributed by atoms with Gasteiger partial charge in [0.05, 0.1) is 34.2 Å². The molecule has 3 amide bonds. The quantitative estimate of drug-likeness (QED) is 0.479. The lowest BCUT2D eigenvalue weighted by Gasteiger charge is -2.11. The minimum atomic E-state index is -0.447. The Labute approximate surface area is 181 Å². The zero-order chi connectivity index (χ0) is 21.7. The smallest absolute Gasteiger partial charge is 0.261 e. The van der Waals surface area contributed by atoms with E-state index in [1.165, 1.54) is 29.7 Å². The molecule has 0 saturated carbocycles. The van der Waals surface area contributed by atoms with Crippen LogP contribution in [0.2, 0.25) is 0 Å². The normalized spacial score (nSPS) is 13.2. The number of fused-ring (bicyclic) bond motifs is 2. The Kier molecular flexibility index (Phi) is 4.44. The molecule has 0 fully saturated rings. The summed E-state index contributed by atoms with van der Waals surface area (Å²) in [5.41, 5.74) is 3.77. The highest BCUT2D eigenvalue weighted by Gasteiger charge is 2.36. The standard InChI is InChI=1S/C23H17N3O4S/c1-12-5-6-13(2)19-18(12)24-23(31-19)25-20(27)14-7-8-16-17(10-14)22(29)26(21(16)28)11-15-4-3-9-30-15/h3-10H,11H2,1-2H3,(H,24,25,27). The van der Waals surface area contributed by atoms with Gasteiger partial charge in [-0.25, -0.2) is 4.98 Å². The number of anilines is 1. The third-order valence-corrected chi connectivity index (χ3v) is 6.40. The van der Waals surface area contributed by atoms with Crippen LogP contribution in [0.1, 0.15) is 48.0 Å². The maximum absolute atomic E-state index is 12.8. The molecule has 0 radical (unpaired) electrons. The summed E-state index contributed by atoms with van der Waals surface area (Å²) >= 11 is 1.41. The summed E-state index contributed by atoms with van der Waals surface area (Å²) in [6.45, 7) is 4.03. The lowest BCUT2D eigenvalue weighted by atomic mass is 10.1. The Balaban J connectivity index is 1.40. The molecule has 2 aromatic heterocycles. The molecular formula is C23H17N3O4S. The first-order chi connectivity index (χ1) is 14.9. The fraction of sp³-hybridized carbons (Fsp3) is 0.130. The summed E-state index contributed by atoms with van der Waals surface area (Å²) < 4.78 is 6.27. The highest BCUT2D eigenvalue weighted by atomic mass is 32.1. The van der Waals surface area contributed by atoms with Gasteiger partial charge in [-0.2, -0.15) is 0 Å². The Morgan fingerprint density at radius 3 is 2.58 bits per heavy atom. The molecule has 0 bridgehead atoms. The van der Waals surface area contributed by atoms with E-state index in [4.69, 9.17) is 4.42 Å². The van der Waals surface area contributed by atoms with Crippen LogP contribution in [0.15, 0.2) is 53.1 Å². The molecular weight excluding hydrogens is 414 g/mol. The molecule has 154 valence electrons.